The molecule has 0 spiro atoms. The lowest BCUT2D eigenvalue weighted by molar-refractivity contribution is -0.140. The van der Waals surface area contributed by atoms with E-state index in [-0.39, 0.29) is 56.5 Å². The van der Waals surface area contributed by atoms with Crippen LogP contribution in [0.3, 0.4) is 0 Å². The van der Waals surface area contributed by atoms with Crippen LogP contribution in [0.25, 0.3) is 0 Å². The van der Waals surface area contributed by atoms with Crippen molar-refractivity contribution in [2.24, 2.45) is 21.8 Å². The number of rotatable bonds is 17. The fourth-order valence-corrected chi connectivity index (χ4v) is 14.6. The van der Waals surface area contributed by atoms with Gasteiger partial charge in [-0.05, 0) is 161 Å². The number of hydrogen-bond acceptors (Lipinski definition) is 14. The first kappa shape index (κ1) is 79.4. The largest absolute Gasteiger partial charge is 0.480 e. The molecule has 20 heteroatoms. The number of carboxylic acids is 1. The number of amides is 2. The minimum Gasteiger partial charge on any atom is -0.480 e. The molecular formula is C76H99Cl3N8O5S4. The molecule has 0 saturated carbocycles. The van der Waals surface area contributed by atoms with Crippen LogP contribution in [-0.4, -0.2) is 114 Å². The number of anilines is 3. The average molecular weight is 1440 g/mol. The highest BCUT2D eigenvalue weighted by molar-refractivity contribution is 8.27. The second-order valence-electron chi connectivity index (χ2n) is 27.9. The maximum Gasteiger partial charge on any atom is 0.323 e. The topological polar surface area (TPSA) is 155 Å². The number of aryl methyl sites for hydroxylation is 2. The Morgan fingerprint density at radius 1 is 0.573 bits per heavy atom. The Labute approximate surface area is 606 Å². The van der Waals surface area contributed by atoms with Crippen LogP contribution in [0.4, 0.5) is 28.4 Å². The number of thiocarbonyl (C=S) groups is 2. The summed E-state index contributed by atoms with van der Waals surface area (Å²) in [6.07, 6.45) is 10.1. The van der Waals surface area contributed by atoms with Crippen molar-refractivity contribution in [3.63, 3.8) is 0 Å². The zero-order valence-electron chi connectivity index (χ0n) is 59.6. The van der Waals surface area contributed by atoms with Gasteiger partial charge in [-0.2, -0.15) is 0 Å². The van der Waals surface area contributed by atoms with E-state index in [2.05, 4.69) is 198 Å². The number of nitrogens with two attached hydrogens (primary N) is 1. The van der Waals surface area contributed by atoms with Crippen molar-refractivity contribution in [1.82, 2.24) is 14.7 Å². The van der Waals surface area contributed by atoms with Crippen molar-refractivity contribution in [2.45, 2.75) is 177 Å². The second kappa shape index (κ2) is 33.5. The molecule has 2 saturated heterocycles. The summed E-state index contributed by atoms with van der Waals surface area (Å²) in [6.45, 7) is 46.3. The molecule has 0 atom stereocenters. The molecule has 0 radical (unpaired) electrons. The molecule has 10 rings (SSSR count). The van der Waals surface area contributed by atoms with Crippen molar-refractivity contribution in [3.05, 3.63) is 157 Å². The monoisotopic (exact) mass is 1440 g/mol. The summed E-state index contributed by atoms with van der Waals surface area (Å²) in [5, 5.41) is 9.03. The first-order chi connectivity index (χ1) is 44.8. The molecule has 6 heterocycles. The Hall–Kier alpha value is -5.63. The standard InChI is InChI=1S/C35H41N3O2S2.C23H28N2O3S2.C11H14N2.C6H15N.CHCl3/c1-21(2)15-16-37-29-12-9-22(3)17-27(29)35(7,8)31(37)14-13-30-32(40)38(33(41)42-30)20-25(39)18-24-10-11-28-26(19-24)34(5,6)23(4)36-28;1-14(2)10-11-24-17-7-6-15(3)12-16(17)23(4,5)19(24)9-8-18-21(28)25(13-20(26)27)22(29)30-18;1-7-11(2,3)9-6-8(12)4-5-10(9)13-7;1-4-7(5-2)6-3;2-1(3)4/h9-14,17,19,21H,15-16,18,20H2,1-8H3;6-9,12,14H,10-11,13H2,1-5H3,(H,26,27);4-6H,12H2,1-3H3;4-6H2,1-3H3;1H/b30-13+,31-14-;18-8+,19-9-;;;. The zero-order valence-corrected chi connectivity index (χ0v) is 65.1. The minimum absolute atomic E-state index is 0.0225. The van der Waals surface area contributed by atoms with Gasteiger partial charge >= 0.3 is 5.97 Å². The summed E-state index contributed by atoms with van der Waals surface area (Å²) >= 11 is 27.6. The number of halogens is 3. The van der Waals surface area contributed by atoms with Crippen molar-refractivity contribution in [2.75, 3.05) is 61.3 Å². The van der Waals surface area contributed by atoms with Gasteiger partial charge in [0.05, 0.1) is 27.7 Å². The van der Waals surface area contributed by atoms with Crippen LogP contribution in [-0.2, 0) is 47.3 Å². The summed E-state index contributed by atoms with van der Waals surface area (Å²) in [7, 11) is 0. The molecule has 0 bridgehead atoms. The zero-order chi connectivity index (χ0) is 71.7. The Morgan fingerprint density at radius 2 is 0.969 bits per heavy atom. The summed E-state index contributed by atoms with van der Waals surface area (Å²) in [5.41, 5.74) is 23.4. The molecule has 0 aliphatic carbocycles. The van der Waals surface area contributed by atoms with E-state index in [4.69, 9.17) is 70.1 Å². The summed E-state index contributed by atoms with van der Waals surface area (Å²) in [5.74, 6) is -0.501. The Balaban J connectivity index is 0.000000232. The number of nitrogens with zero attached hydrogens (tertiary/aromatic N) is 7. The third kappa shape index (κ3) is 19.0. The number of aliphatic imine (C=N–C) groups is 2. The van der Waals surface area contributed by atoms with Crippen LogP contribution in [0.1, 0.15) is 169 Å². The van der Waals surface area contributed by atoms with Gasteiger partial charge in [0.15, 0.2) is 10.1 Å². The molecule has 13 nitrogen and oxygen atoms in total. The van der Waals surface area contributed by atoms with Crippen molar-refractivity contribution < 1.29 is 24.3 Å². The fourth-order valence-electron chi connectivity index (χ4n) is 12.2. The maximum atomic E-state index is 13.4. The highest BCUT2D eigenvalue weighted by Crippen LogP contribution is 2.51. The average Bonchev–Trinajstić information content (AvgIpc) is 1.60. The first-order valence-corrected chi connectivity index (χ1v) is 36.8. The van der Waals surface area contributed by atoms with E-state index in [0.29, 0.717) is 26.0 Å². The highest BCUT2D eigenvalue weighted by Gasteiger charge is 2.43. The number of thioether (sulfide) groups is 2. The number of Topliss-reactive ketones (excluding diaryl/α,β-unsaturated/α-hetero) is 1. The number of carbonyl (C=O) groups excluding carboxylic acids is 3. The van der Waals surface area contributed by atoms with E-state index in [1.165, 1.54) is 81.2 Å². The summed E-state index contributed by atoms with van der Waals surface area (Å²) in [6, 6.07) is 25.2. The number of nitrogen functional groups attached to an aromatic ring is 1. The quantitative estimate of drug-likeness (QED) is 0.0446. The predicted octanol–water partition coefficient (Wildman–Crippen LogP) is 18.8. The summed E-state index contributed by atoms with van der Waals surface area (Å²) < 4.78 is -0.0355. The van der Waals surface area contributed by atoms with Crippen LogP contribution < -0.4 is 15.5 Å². The van der Waals surface area contributed by atoms with Gasteiger partial charge in [0.25, 0.3) is 11.8 Å². The van der Waals surface area contributed by atoms with Crippen LogP contribution >= 0.6 is 82.8 Å². The minimum atomic E-state index is -1.08. The smallest absolute Gasteiger partial charge is 0.323 e. The number of benzene rings is 4. The van der Waals surface area contributed by atoms with Gasteiger partial charge in [-0.25, -0.2) is 0 Å². The van der Waals surface area contributed by atoms with E-state index in [0.717, 1.165) is 87.9 Å². The van der Waals surface area contributed by atoms with Gasteiger partial charge in [-0.3, -0.25) is 39.0 Å². The number of fused-ring (bicyclic) bond motifs is 4. The van der Waals surface area contributed by atoms with E-state index >= 15 is 0 Å². The molecule has 2 amide bonds. The third-order valence-corrected chi connectivity index (χ3v) is 21.5. The molecule has 4 aromatic rings. The highest BCUT2D eigenvalue weighted by atomic mass is 35.6. The van der Waals surface area contributed by atoms with Crippen LogP contribution in [0.5, 0.6) is 0 Å². The van der Waals surface area contributed by atoms with Crippen LogP contribution in [0, 0.1) is 25.7 Å². The molecule has 518 valence electrons. The van der Waals surface area contributed by atoms with Gasteiger partial charge in [0.1, 0.15) is 15.2 Å². The number of carboxylic acid groups (broad SMARTS) is 1. The Morgan fingerprint density at radius 3 is 1.35 bits per heavy atom. The van der Waals surface area contributed by atoms with Gasteiger partial charge in [0.2, 0.25) is 0 Å². The molecule has 6 aliphatic heterocycles. The second-order valence-corrected chi connectivity index (χ2v) is 33.2. The Kier molecular flexibility index (Phi) is 27.7. The van der Waals surface area contributed by atoms with Crippen molar-refractivity contribution in [1.29, 1.82) is 0 Å². The number of ketones is 1. The SMILES string of the molecule is CC1=Nc2ccc(CC(=O)CN3C(=O)/C(=C\C=C4/N(CCC(C)C)c5ccc(C)cc5C4(C)C)SC3=S)cc2C1(C)C.CC1=Nc2ccc(N)cc2C1(C)C.CCN(CC)CC.Cc1ccc2c(c1)C(C)(C)/C(=C/C=C1/SC(=S)N(CC(=O)O)C1=O)N2CCC(C)C.ClC(Cl)Cl. The maximum absolute atomic E-state index is 13.4. The molecule has 96 heavy (non-hydrogen) atoms. The molecule has 0 aromatic heterocycles. The first-order valence-electron chi connectivity index (χ1n) is 33.0. The molecule has 2 fully saturated rings. The number of alkyl halides is 3. The molecule has 3 N–H and O–H groups in total. The van der Waals surface area contributed by atoms with Crippen molar-refractivity contribution >= 4 is 155 Å². The Bertz CT molecular complexity index is 3790. The number of carbonyl (C=O) groups is 4. The molecule has 6 aliphatic rings. The number of hydrogen-bond donors (Lipinski definition) is 2. The van der Waals surface area contributed by atoms with Crippen LogP contribution in [0.2, 0.25) is 0 Å². The number of allylic oxidation sites excluding steroid dienone is 6. The lowest BCUT2D eigenvalue weighted by atomic mass is 9.81. The van der Waals surface area contributed by atoms with Crippen LogP contribution in [0.15, 0.2) is 128 Å². The van der Waals surface area contributed by atoms with E-state index in [9.17, 15) is 19.2 Å². The molecule has 4 aromatic carbocycles. The van der Waals surface area contributed by atoms with Gasteiger partial charge in [0, 0.05) is 81.0 Å². The lowest BCUT2D eigenvalue weighted by Gasteiger charge is -2.27. The summed E-state index contributed by atoms with van der Waals surface area (Å²) in [4.78, 5) is 70.1. The number of aliphatic carboxylic acids is 1. The lowest BCUT2D eigenvalue weighted by Crippen LogP contribution is -2.34. The third-order valence-electron chi connectivity index (χ3n) is 18.7. The van der Waals surface area contributed by atoms with Gasteiger partial charge in [-0.15, -0.1) is 0 Å². The normalized spacial score (nSPS) is 19.1. The van der Waals surface area contributed by atoms with E-state index in [1.54, 1.807) is 6.08 Å². The van der Waals surface area contributed by atoms with Gasteiger partial charge in [-0.1, -0.05) is 234 Å². The van der Waals surface area contributed by atoms with E-state index < -0.39 is 16.8 Å². The van der Waals surface area contributed by atoms with Crippen molar-refractivity contribution in [3.8, 4) is 0 Å². The van der Waals surface area contributed by atoms with Gasteiger partial charge < -0.3 is 25.5 Å². The predicted molar refractivity (Wildman–Crippen MR) is 418 cm³/mol. The molecule has 0 unspecified atom stereocenters. The fraction of sp³-hybridized carbons (Fsp3) is 0.474. The molecular weight excluding hydrogens is 1340 g/mol. The van der Waals surface area contributed by atoms with E-state index in [1.807, 2.05) is 49.4 Å².